The van der Waals surface area contributed by atoms with Crippen molar-refractivity contribution >= 4 is 23.9 Å². The Kier molecular flexibility index (Phi) is 8.09. The standard InChI is InChI=1S/C15H23N5O4.C2H2O4/c1-3-23-15(22)20-6-4-19(5-7-20)13(21)10-18-8-12(9-18)14-16-11(2)17-24-14;3-1(4)2(5)6/h12H,3-10H2,1-2H3;(H,3,4)(H,5,6). The highest BCUT2D eigenvalue weighted by atomic mass is 16.6. The maximum Gasteiger partial charge on any atom is 0.414 e. The minimum Gasteiger partial charge on any atom is -0.473 e. The van der Waals surface area contributed by atoms with Gasteiger partial charge in [0.05, 0.1) is 19.1 Å². The Bertz CT molecular complexity index is 756. The van der Waals surface area contributed by atoms with E-state index in [2.05, 4.69) is 15.0 Å². The van der Waals surface area contributed by atoms with E-state index in [0.717, 1.165) is 13.1 Å². The molecule has 0 aromatic carbocycles. The Labute approximate surface area is 172 Å². The highest BCUT2D eigenvalue weighted by molar-refractivity contribution is 6.27. The van der Waals surface area contributed by atoms with Crippen LogP contribution in [0.2, 0.25) is 0 Å². The molecule has 0 atom stereocenters. The SMILES string of the molecule is CCOC(=O)N1CCN(C(=O)CN2CC(c3nc(C)no3)C2)CC1.O=C(O)C(=O)O. The van der Waals surface area contributed by atoms with E-state index in [9.17, 15) is 9.59 Å². The zero-order chi connectivity index (χ0) is 22.3. The second kappa shape index (κ2) is 10.5. The lowest BCUT2D eigenvalue weighted by atomic mass is 10.0. The molecule has 2 aliphatic heterocycles. The van der Waals surface area contributed by atoms with Crippen molar-refractivity contribution in [2.24, 2.45) is 0 Å². The molecule has 1 aromatic rings. The molecule has 0 saturated carbocycles. The zero-order valence-electron chi connectivity index (χ0n) is 16.8. The van der Waals surface area contributed by atoms with Crippen LogP contribution in [0.3, 0.4) is 0 Å². The van der Waals surface area contributed by atoms with Gasteiger partial charge in [-0.05, 0) is 13.8 Å². The van der Waals surface area contributed by atoms with Crippen LogP contribution in [0, 0.1) is 6.92 Å². The lowest BCUT2D eigenvalue weighted by Gasteiger charge is -2.39. The number of carbonyl (C=O) groups is 4. The van der Waals surface area contributed by atoms with Gasteiger partial charge >= 0.3 is 18.0 Å². The molecule has 13 heteroatoms. The van der Waals surface area contributed by atoms with Gasteiger partial charge < -0.3 is 29.3 Å². The molecule has 3 rings (SSSR count). The van der Waals surface area contributed by atoms with Gasteiger partial charge in [0, 0.05) is 39.3 Å². The molecule has 0 bridgehead atoms. The van der Waals surface area contributed by atoms with Gasteiger partial charge in [0.15, 0.2) is 5.82 Å². The summed E-state index contributed by atoms with van der Waals surface area (Å²) in [4.78, 5) is 52.0. The maximum atomic E-state index is 12.3. The normalized spacial score (nSPS) is 16.9. The molecule has 2 saturated heterocycles. The van der Waals surface area contributed by atoms with E-state index in [0.29, 0.717) is 51.0 Å². The number of aliphatic carboxylic acids is 2. The van der Waals surface area contributed by atoms with Gasteiger partial charge in [-0.2, -0.15) is 4.98 Å². The van der Waals surface area contributed by atoms with Gasteiger partial charge in [-0.15, -0.1) is 0 Å². The van der Waals surface area contributed by atoms with Crippen LogP contribution in [0.1, 0.15) is 24.6 Å². The average Bonchev–Trinajstić information content (AvgIpc) is 3.10. The number of hydrogen-bond acceptors (Lipinski definition) is 9. The third-order valence-electron chi connectivity index (χ3n) is 4.55. The van der Waals surface area contributed by atoms with Crippen LogP contribution < -0.4 is 0 Å². The lowest BCUT2D eigenvalue weighted by Crippen LogP contribution is -2.55. The van der Waals surface area contributed by atoms with E-state index in [1.165, 1.54) is 0 Å². The summed E-state index contributed by atoms with van der Waals surface area (Å²) in [6.45, 7) is 8.01. The summed E-state index contributed by atoms with van der Waals surface area (Å²) in [5, 5.41) is 18.6. The summed E-state index contributed by atoms with van der Waals surface area (Å²) < 4.78 is 10.1. The van der Waals surface area contributed by atoms with Crippen molar-refractivity contribution < 1.29 is 38.7 Å². The highest BCUT2D eigenvalue weighted by Crippen LogP contribution is 2.25. The van der Waals surface area contributed by atoms with E-state index in [4.69, 9.17) is 29.1 Å². The van der Waals surface area contributed by atoms with Crippen LogP contribution in [0.5, 0.6) is 0 Å². The van der Waals surface area contributed by atoms with Crippen LogP contribution in [0.15, 0.2) is 4.52 Å². The molecule has 1 aromatic heterocycles. The third kappa shape index (κ3) is 6.40. The molecule has 2 N–H and O–H groups in total. The molecule has 2 fully saturated rings. The fourth-order valence-electron chi connectivity index (χ4n) is 2.98. The first-order valence-electron chi connectivity index (χ1n) is 9.39. The minimum atomic E-state index is -1.82. The minimum absolute atomic E-state index is 0.0960. The summed E-state index contributed by atoms with van der Waals surface area (Å²) in [6.07, 6.45) is -0.301. The van der Waals surface area contributed by atoms with Crippen molar-refractivity contribution in [2.75, 3.05) is 52.4 Å². The second-order valence-corrected chi connectivity index (χ2v) is 6.75. The number of piperazine rings is 1. The fraction of sp³-hybridized carbons (Fsp3) is 0.647. The van der Waals surface area contributed by atoms with E-state index in [1.807, 2.05) is 0 Å². The largest absolute Gasteiger partial charge is 0.473 e. The zero-order valence-corrected chi connectivity index (χ0v) is 16.8. The number of rotatable bonds is 4. The molecule has 2 aliphatic rings. The molecule has 0 spiro atoms. The van der Waals surface area contributed by atoms with Crippen molar-refractivity contribution in [1.29, 1.82) is 0 Å². The van der Waals surface area contributed by atoms with Crippen LogP contribution in [-0.4, -0.2) is 111 Å². The topological polar surface area (TPSA) is 167 Å². The molecule has 0 radical (unpaired) electrons. The summed E-state index contributed by atoms with van der Waals surface area (Å²) in [5.41, 5.74) is 0. The lowest BCUT2D eigenvalue weighted by molar-refractivity contribution is -0.159. The quantitative estimate of drug-likeness (QED) is 0.579. The predicted octanol–water partition coefficient (Wildman–Crippen LogP) is -0.766. The fourth-order valence-corrected chi connectivity index (χ4v) is 2.98. The summed E-state index contributed by atoms with van der Waals surface area (Å²) in [7, 11) is 0. The van der Waals surface area contributed by atoms with Crippen LogP contribution in [0.25, 0.3) is 0 Å². The molecule has 0 aliphatic carbocycles. The molecule has 30 heavy (non-hydrogen) atoms. The van der Waals surface area contributed by atoms with Crippen LogP contribution in [-0.2, 0) is 19.1 Å². The number of carboxylic acid groups (broad SMARTS) is 2. The molecule has 0 unspecified atom stereocenters. The van der Waals surface area contributed by atoms with E-state index in [-0.39, 0.29) is 17.9 Å². The van der Waals surface area contributed by atoms with Crippen molar-refractivity contribution in [3.05, 3.63) is 11.7 Å². The van der Waals surface area contributed by atoms with Gasteiger partial charge in [-0.3, -0.25) is 9.69 Å². The smallest absolute Gasteiger partial charge is 0.414 e. The number of aromatic nitrogens is 2. The molecule has 2 amide bonds. The first kappa shape index (κ1) is 23.1. The first-order chi connectivity index (χ1) is 14.2. The Balaban J connectivity index is 0.000000469. The number of carboxylic acids is 2. The summed E-state index contributed by atoms with van der Waals surface area (Å²) >= 11 is 0. The van der Waals surface area contributed by atoms with Crippen molar-refractivity contribution in [1.82, 2.24) is 24.8 Å². The third-order valence-corrected chi connectivity index (χ3v) is 4.55. The molecule has 166 valence electrons. The highest BCUT2D eigenvalue weighted by Gasteiger charge is 2.34. The van der Waals surface area contributed by atoms with Gasteiger partial charge in [0.1, 0.15) is 0 Å². The molecular weight excluding hydrogens is 402 g/mol. The maximum absolute atomic E-state index is 12.3. The Morgan fingerprint density at radius 3 is 2.10 bits per heavy atom. The van der Waals surface area contributed by atoms with Crippen molar-refractivity contribution in [3.8, 4) is 0 Å². The monoisotopic (exact) mass is 427 g/mol. The van der Waals surface area contributed by atoms with Crippen LogP contribution >= 0.6 is 0 Å². The van der Waals surface area contributed by atoms with Gasteiger partial charge in [0.2, 0.25) is 11.8 Å². The molecule has 13 nitrogen and oxygen atoms in total. The van der Waals surface area contributed by atoms with E-state index in [1.54, 1.807) is 23.6 Å². The van der Waals surface area contributed by atoms with Gasteiger partial charge in [0.25, 0.3) is 0 Å². The number of aryl methyl sites for hydroxylation is 1. The number of hydrogen-bond donors (Lipinski definition) is 2. The molecule has 3 heterocycles. The van der Waals surface area contributed by atoms with E-state index < -0.39 is 11.9 Å². The number of nitrogens with zero attached hydrogens (tertiary/aromatic N) is 5. The first-order valence-corrected chi connectivity index (χ1v) is 9.39. The Hall–Kier alpha value is -3.22. The molecular formula is C17H25N5O8. The summed E-state index contributed by atoms with van der Waals surface area (Å²) in [6, 6.07) is 0. The number of amides is 2. The van der Waals surface area contributed by atoms with Crippen molar-refractivity contribution in [2.45, 2.75) is 19.8 Å². The average molecular weight is 427 g/mol. The number of ether oxygens (including phenoxy) is 1. The summed E-state index contributed by atoms with van der Waals surface area (Å²) in [5.74, 6) is -2.04. The second-order valence-electron chi connectivity index (χ2n) is 6.75. The Morgan fingerprint density at radius 1 is 1.07 bits per heavy atom. The van der Waals surface area contributed by atoms with E-state index >= 15 is 0 Å². The predicted molar refractivity (Wildman–Crippen MR) is 98.7 cm³/mol. The van der Waals surface area contributed by atoms with Gasteiger partial charge in [-0.1, -0.05) is 5.16 Å². The Morgan fingerprint density at radius 2 is 1.63 bits per heavy atom. The van der Waals surface area contributed by atoms with Crippen LogP contribution in [0.4, 0.5) is 4.79 Å². The van der Waals surface area contributed by atoms with Crippen molar-refractivity contribution in [3.63, 3.8) is 0 Å². The number of likely N-dealkylation sites (tertiary alicyclic amines) is 1. The van der Waals surface area contributed by atoms with Gasteiger partial charge in [-0.25, -0.2) is 14.4 Å². The number of carbonyl (C=O) groups excluding carboxylic acids is 2.